The van der Waals surface area contributed by atoms with E-state index in [0.29, 0.717) is 17.9 Å². The second-order valence-corrected chi connectivity index (χ2v) is 4.23. The molecule has 88 valence electrons. The molecule has 1 aromatic heterocycles. The molecule has 0 spiro atoms. The summed E-state index contributed by atoms with van der Waals surface area (Å²) in [5, 5.41) is 3.26. The normalized spacial score (nSPS) is 16.9. The number of ether oxygens (including phenoxy) is 1. The molecule has 5 heteroatoms. The van der Waals surface area contributed by atoms with Crippen molar-refractivity contribution < 1.29 is 4.74 Å². The highest BCUT2D eigenvalue weighted by atomic mass is 16.5. The van der Waals surface area contributed by atoms with Gasteiger partial charge in [0.25, 0.3) is 0 Å². The van der Waals surface area contributed by atoms with Crippen molar-refractivity contribution in [3.8, 4) is 5.88 Å². The van der Waals surface area contributed by atoms with E-state index in [1.165, 1.54) is 12.8 Å². The van der Waals surface area contributed by atoms with Crippen LogP contribution < -0.4 is 15.8 Å². The first kappa shape index (κ1) is 11.1. The van der Waals surface area contributed by atoms with E-state index in [1.807, 2.05) is 6.92 Å². The monoisotopic (exact) mass is 222 g/mol. The Morgan fingerprint density at radius 3 is 2.94 bits per heavy atom. The maximum absolute atomic E-state index is 5.71. The van der Waals surface area contributed by atoms with Crippen molar-refractivity contribution in [3.05, 3.63) is 12.4 Å². The predicted molar refractivity (Wildman–Crippen MR) is 62.4 cm³/mol. The molecule has 1 aliphatic rings. The van der Waals surface area contributed by atoms with E-state index < -0.39 is 0 Å². The van der Waals surface area contributed by atoms with Crippen LogP contribution in [0.5, 0.6) is 5.88 Å². The first-order chi connectivity index (χ1) is 7.78. The lowest BCUT2D eigenvalue weighted by molar-refractivity contribution is 0.325. The molecule has 0 aliphatic heterocycles. The van der Waals surface area contributed by atoms with Crippen LogP contribution in [0.1, 0.15) is 19.8 Å². The van der Waals surface area contributed by atoms with E-state index in [0.717, 1.165) is 18.9 Å². The number of anilines is 1. The molecule has 1 fully saturated rings. The number of nitrogens with two attached hydrogens (primary N) is 1. The zero-order chi connectivity index (χ0) is 11.4. The average Bonchev–Trinajstić information content (AvgIpc) is 3.08. The quantitative estimate of drug-likeness (QED) is 0.752. The third-order valence-electron chi connectivity index (χ3n) is 2.94. The molecule has 1 heterocycles. The van der Waals surface area contributed by atoms with Gasteiger partial charge in [0, 0.05) is 6.54 Å². The molecular weight excluding hydrogens is 204 g/mol. The number of aromatic nitrogens is 2. The summed E-state index contributed by atoms with van der Waals surface area (Å²) >= 11 is 0. The van der Waals surface area contributed by atoms with Gasteiger partial charge in [-0.15, -0.1) is 0 Å². The maximum atomic E-state index is 5.71. The van der Waals surface area contributed by atoms with Crippen molar-refractivity contribution in [2.24, 2.45) is 11.1 Å². The molecule has 1 saturated carbocycles. The van der Waals surface area contributed by atoms with E-state index in [9.17, 15) is 0 Å². The summed E-state index contributed by atoms with van der Waals surface area (Å²) in [7, 11) is 0. The summed E-state index contributed by atoms with van der Waals surface area (Å²) < 4.78 is 5.28. The summed E-state index contributed by atoms with van der Waals surface area (Å²) in [6, 6.07) is 0. The first-order valence-electron chi connectivity index (χ1n) is 5.67. The van der Waals surface area contributed by atoms with Gasteiger partial charge in [0.05, 0.1) is 19.0 Å². The van der Waals surface area contributed by atoms with Crippen molar-refractivity contribution in [3.63, 3.8) is 0 Å². The smallest absolute Gasteiger partial charge is 0.234 e. The molecular formula is C11H18N4O. The summed E-state index contributed by atoms with van der Waals surface area (Å²) in [4.78, 5) is 8.36. The van der Waals surface area contributed by atoms with Crippen LogP contribution in [0.3, 0.4) is 0 Å². The predicted octanol–water partition coefficient (Wildman–Crippen LogP) is 1.03. The molecule has 1 aliphatic carbocycles. The lowest BCUT2D eigenvalue weighted by Gasteiger charge is -2.13. The largest absolute Gasteiger partial charge is 0.477 e. The maximum Gasteiger partial charge on any atom is 0.234 e. The number of hydrogen-bond acceptors (Lipinski definition) is 5. The van der Waals surface area contributed by atoms with Crippen LogP contribution in [-0.4, -0.2) is 29.7 Å². The van der Waals surface area contributed by atoms with Gasteiger partial charge in [0.15, 0.2) is 0 Å². The molecule has 2 rings (SSSR count). The van der Waals surface area contributed by atoms with Gasteiger partial charge in [-0.3, -0.25) is 4.98 Å². The van der Waals surface area contributed by atoms with Crippen molar-refractivity contribution in [1.82, 2.24) is 9.97 Å². The molecule has 0 atom stereocenters. The van der Waals surface area contributed by atoms with Crippen LogP contribution in [-0.2, 0) is 0 Å². The SMILES string of the molecule is CCOc1cncc(NCC2(CN)CC2)n1. The minimum atomic E-state index is 0.295. The number of nitrogens with zero attached hydrogens (tertiary/aromatic N) is 2. The molecule has 1 aromatic rings. The minimum absolute atomic E-state index is 0.295. The molecule has 5 nitrogen and oxygen atoms in total. The first-order valence-corrected chi connectivity index (χ1v) is 5.67. The minimum Gasteiger partial charge on any atom is -0.477 e. The Bertz CT molecular complexity index is 352. The Morgan fingerprint density at radius 2 is 2.31 bits per heavy atom. The van der Waals surface area contributed by atoms with Crippen molar-refractivity contribution in [2.75, 3.05) is 25.0 Å². The second kappa shape index (κ2) is 4.65. The zero-order valence-electron chi connectivity index (χ0n) is 9.57. The lowest BCUT2D eigenvalue weighted by atomic mass is 10.1. The van der Waals surface area contributed by atoms with Gasteiger partial charge in [-0.1, -0.05) is 0 Å². The van der Waals surface area contributed by atoms with Gasteiger partial charge in [-0.05, 0) is 31.7 Å². The summed E-state index contributed by atoms with van der Waals surface area (Å²) in [5.74, 6) is 1.32. The van der Waals surface area contributed by atoms with E-state index in [1.54, 1.807) is 12.4 Å². The fourth-order valence-corrected chi connectivity index (χ4v) is 1.56. The molecule has 0 radical (unpaired) electrons. The van der Waals surface area contributed by atoms with Gasteiger partial charge in [-0.2, -0.15) is 4.98 Å². The Balaban J connectivity index is 1.91. The molecule has 0 saturated heterocycles. The number of nitrogens with one attached hydrogen (secondary N) is 1. The Labute approximate surface area is 95.4 Å². The fraction of sp³-hybridized carbons (Fsp3) is 0.636. The molecule has 16 heavy (non-hydrogen) atoms. The van der Waals surface area contributed by atoms with E-state index >= 15 is 0 Å². The second-order valence-electron chi connectivity index (χ2n) is 4.23. The van der Waals surface area contributed by atoms with Gasteiger partial charge in [-0.25, -0.2) is 0 Å². The standard InChI is InChI=1S/C11H18N4O/c1-2-16-10-6-13-5-9(15-10)14-8-11(7-12)3-4-11/h5-6H,2-4,7-8,12H2,1H3,(H,14,15). The highest BCUT2D eigenvalue weighted by Crippen LogP contribution is 2.44. The van der Waals surface area contributed by atoms with E-state index in [-0.39, 0.29) is 0 Å². The van der Waals surface area contributed by atoms with Gasteiger partial charge < -0.3 is 15.8 Å². The lowest BCUT2D eigenvalue weighted by Crippen LogP contribution is -2.24. The van der Waals surface area contributed by atoms with Crippen molar-refractivity contribution in [2.45, 2.75) is 19.8 Å². The highest BCUT2D eigenvalue weighted by molar-refractivity contribution is 5.34. The summed E-state index contributed by atoms with van der Waals surface area (Å²) in [6.07, 6.45) is 5.73. The van der Waals surface area contributed by atoms with Crippen molar-refractivity contribution in [1.29, 1.82) is 0 Å². The van der Waals surface area contributed by atoms with E-state index in [4.69, 9.17) is 10.5 Å². The average molecular weight is 222 g/mol. The topological polar surface area (TPSA) is 73.1 Å². The van der Waals surface area contributed by atoms with Crippen LogP contribution in [0.2, 0.25) is 0 Å². The molecule has 0 amide bonds. The van der Waals surface area contributed by atoms with Crippen LogP contribution >= 0.6 is 0 Å². The van der Waals surface area contributed by atoms with Crippen LogP contribution in [0.15, 0.2) is 12.4 Å². The number of hydrogen-bond donors (Lipinski definition) is 2. The van der Waals surface area contributed by atoms with Gasteiger partial charge >= 0.3 is 0 Å². The highest BCUT2D eigenvalue weighted by Gasteiger charge is 2.40. The third-order valence-corrected chi connectivity index (χ3v) is 2.94. The van der Waals surface area contributed by atoms with Gasteiger partial charge in [0.2, 0.25) is 5.88 Å². The Hall–Kier alpha value is -1.36. The molecule has 0 bridgehead atoms. The van der Waals surface area contributed by atoms with E-state index in [2.05, 4.69) is 15.3 Å². The van der Waals surface area contributed by atoms with Gasteiger partial charge in [0.1, 0.15) is 5.82 Å². The fourth-order valence-electron chi connectivity index (χ4n) is 1.56. The van der Waals surface area contributed by atoms with Crippen LogP contribution in [0.4, 0.5) is 5.82 Å². The molecule has 0 unspecified atom stereocenters. The summed E-state index contributed by atoms with van der Waals surface area (Å²) in [6.45, 7) is 4.13. The van der Waals surface area contributed by atoms with Crippen LogP contribution in [0.25, 0.3) is 0 Å². The Morgan fingerprint density at radius 1 is 1.50 bits per heavy atom. The van der Waals surface area contributed by atoms with Crippen molar-refractivity contribution >= 4 is 5.82 Å². The molecule has 3 N–H and O–H groups in total. The third kappa shape index (κ3) is 2.61. The molecule has 0 aromatic carbocycles. The zero-order valence-corrected chi connectivity index (χ0v) is 9.57. The Kier molecular flexibility index (Phi) is 3.24. The van der Waals surface area contributed by atoms with Crippen LogP contribution in [0, 0.1) is 5.41 Å². The number of rotatable bonds is 6. The summed E-state index contributed by atoms with van der Waals surface area (Å²) in [5.41, 5.74) is 6.00.